The summed E-state index contributed by atoms with van der Waals surface area (Å²) >= 11 is 0. The number of rotatable bonds is 10. The average molecular weight is 566 g/mol. The Morgan fingerprint density at radius 2 is 1.45 bits per heavy atom. The first-order valence-corrected chi connectivity index (χ1v) is 13.6. The maximum absolute atomic E-state index is 11.3. The van der Waals surface area contributed by atoms with Gasteiger partial charge in [-0.2, -0.15) is 0 Å². The van der Waals surface area contributed by atoms with Crippen molar-refractivity contribution in [3.8, 4) is 23.0 Å². The molecule has 5 rings (SSSR count). The monoisotopic (exact) mass is 565 g/mol. The van der Waals surface area contributed by atoms with Crippen molar-refractivity contribution in [2.75, 3.05) is 35.0 Å². The van der Waals surface area contributed by atoms with E-state index in [-0.39, 0.29) is 5.69 Å². The zero-order valence-corrected chi connectivity index (χ0v) is 24.1. The molecule has 0 bridgehead atoms. The molecule has 1 aliphatic heterocycles. The lowest BCUT2D eigenvalue weighted by Crippen LogP contribution is -2.31. The minimum absolute atomic E-state index is 0.0398. The first-order chi connectivity index (χ1) is 20.4. The highest BCUT2D eigenvalue weighted by Gasteiger charge is 2.32. The Hall–Kier alpha value is -5.11. The van der Waals surface area contributed by atoms with E-state index in [2.05, 4.69) is 22.8 Å². The van der Waals surface area contributed by atoms with Crippen LogP contribution in [0.2, 0.25) is 0 Å². The number of allylic oxidation sites excluding steroid dienone is 1. The standard InChI is InChI=1S/C34H33N2O6/c1-39-30-15-12-25(19-31(30)40-2)28(18-23-10-13-27(14-11-23)36(37)38)34-29-21-33(42-4)32(41-3)20-26(29)16-17-35(34)22-24-8-6-5-7-9-24/h5-15,18-21H,16-17,22H2,1-4H3/q+1. The number of fused-ring (bicyclic) bond motifs is 1. The van der Waals surface area contributed by atoms with Crippen LogP contribution in [0.15, 0.2) is 84.9 Å². The molecule has 0 amide bonds. The minimum Gasteiger partial charge on any atom is -0.493 e. The van der Waals surface area contributed by atoms with Gasteiger partial charge in [-0.25, -0.2) is 4.58 Å². The Morgan fingerprint density at radius 3 is 2.10 bits per heavy atom. The van der Waals surface area contributed by atoms with Crippen molar-refractivity contribution in [1.82, 2.24) is 0 Å². The number of hydrogen-bond acceptors (Lipinski definition) is 6. The second-order valence-corrected chi connectivity index (χ2v) is 9.85. The molecule has 0 spiro atoms. The lowest BCUT2D eigenvalue weighted by molar-refractivity contribution is -0.543. The molecule has 4 aromatic carbocycles. The Bertz CT molecular complexity index is 1660. The van der Waals surface area contributed by atoms with Crippen LogP contribution >= 0.6 is 0 Å². The second-order valence-electron chi connectivity index (χ2n) is 9.85. The van der Waals surface area contributed by atoms with E-state index in [4.69, 9.17) is 18.9 Å². The lowest BCUT2D eigenvalue weighted by Gasteiger charge is -2.23. The van der Waals surface area contributed by atoms with Crippen LogP contribution in [-0.4, -0.2) is 50.2 Å². The Balaban J connectivity index is 1.80. The second kappa shape index (κ2) is 12.6. The normalized spacial score (nSPS) is 12.9. The number of nitro benzene ring substituents is 1. The molecule has 0 saturated heterocycles. The van der Waals surface area contributed by atoms with Gasteiger partial charge in [-0.05, 0) is 59.2 Å². The van der Waals surface area contributed by atoms with E-state index >= 15 is 0 Å². The van der Waals surface area contributed by atoms with Gasteiger partial charge in [0.25, 0.3) is 5.69 Å². The van der Waals surface area contributed by atoms with Crippen LogP contribution < -0.4 is 18.9 Å². The minimum atomic E-state index is -0.393. The van der Waals surface area contributed by atoms with Crippen molar-refractivity contribution in [3.05, 3.63) is 123 Å². The van der Waals surface area contributed by atoms with Crippen molar-refractivity contribution in [3.63, 3.8) is 0 Å². The van der Waals surface area contributed by atoms with Gasteiger partial charge in [-0.1, -0.05) is 36.4 Å². The van der Waals surface area contributed by atoms with E-state index in [0.29, 0.717) is 29.5 Å². The molecule has 8 nitrogen and oxygen atoms in total. The quantitative estimate of drug-likeness (QED) is 0.0954. The molecule has 0 unspecified atom stereocenters. The zero-order valence-electron chi connectivity index (χ0n) is 24.1. The molecule has 0 fully saturated rings. The van der Waals surface area contributed by atoms with Gasteiger partial charge in [0.2, 0.25) is 5.71 Å². The van der Waals surface area contributed by atoms with Crippen molar-refractivity contribution in [2.24, 2.45) is 0 Å². The van der Waals surface area contributed by atoms with Gasteiger partial charge in [0.1, 0.15) is 6.54 Å². The van der Waals surface area contributed by atoms with Gasteiger partial charge >= 0.3 is 0 Å². The predicted molar refractivity (Wildman–Crippen MR) is 163 cm³/mol. The SMILES string of the molecule is COc1ccc(C(=Cc2ccc([N+](=O)[O-])cc2)C2=[N+](Cc3ccccc3)CCc3cc(OC)c(OC)cc32)cc1OC. The fraction of sp³-hybridized carbons (Fsp3) is 0.206. The van der Waals surface area contributed by atoms with Crippen molar-refractivity contribution < 1.29 is 28.4 Å². The van der Waals surface area contributed by atoms with Crippen molar-refractivity contribution in [2.45, 2.75) is 13.0 Å². The number of benzene rings is 4. The summed E-state index contributed by atoms with van der Waals surface area (Å²) in [5.41, 5.74) is 7.05. The fourth-order valence-electron chi connectivity index (χ4n) is 5.31. The number of hydrogen-bond donors (Lipinski definition) is 0. The fourth-order valence-corrected chi connectivity index (χ4v) is 5.31. The molecule has 0 N–H and O–H groups in total. The van der Waals surface area contributed by atoms with E-state index < -0.39 is 4.92 Å². The average Bonchev–Trinajstić information content (AvgIpc) is 3.03. The summed E-state index contributed by atoms with van der Waals surface area (Å²) in [6.07, 6.45) is 2.88. The predicted octanol–water partition coefficient (Wildman–Crippen LogP) is 6.43. The van der Waals surface area contributed by atoms with Gasteiger partial charge in [-0.15, -0.1) is 0 Å². The number of nitro groups is 1. The van der Waals surface area contributed by atoms with Crippen LogP contribution in [0.3, 0.4) is 0 Å². The third kappa shape index (κ3) is 5.83. The van der Waals surface area contributed by atoms with Crippen LogP contribution in [0.25, 0.3) is 11.6 Å². The summed E-state index contributed by atoms with van der Waals surface area (Å²) in [5.74, 6) is 2.54. The smallest absolute Gasteiger partial charge is 0.269 e. The molecule has 0 aliphatic carbocycles. The molecule has 0 radical (unpaired) electrons. The highest BCUT2D eigenvalue weighted by molar-refractivity contribution is 6.33. The molecule has 0 atom stereocenters. The number of ether oxygens (including phenoxy) is 4. The van der Waals surface area contributed by atoms with Crippen LogP contribution in [-0.2, 0) is 13.0 Å². The highest BCUT2D eigenvalue weighted by atomic mass is 16.6. The number of nitrogens with zero attached hydrogens (tertiary/aromatic N) is 2. The maximum Gasteiger partial charge on any atom is 0.269 e. The first kappa shape index (κ1) is 28.4. The van der Waals surface area contributed by atoms with Crippen LogP contribution in [0.5, 0.6) is 23.0 Å². The summed E-state index contributed by atoms with van der Waals surface area (Å²) in [6, 6.07) is 26.8. The molecular weight excluding hydrogens is 532 g/mol. The van der Waals surface area contributed by atoms with Gasteiger partial charge < -0.3 is 18.9 Å². The van der Waals surface area contributed by atoms with Gasteiger partial charge in [-0.3, -0.25) is 10.1 Å². The summed E-state index contributed by atoms with van der Waals surface area (Å²) in [7, 11) is 6.50. The molecule has 8 heteroatoms. The lowest BCUT2D eigenvalue weighted by atomic mass is 9.87. The molecule has 1 heterocycles. The van der Waals surface area contributed by atoms with Gasteiger partial charge in [0.05, 0.1) is 44.5 Å². The molecular formula is C34H33N2O6+. The van der Waals surface area contributed by atoms with Crippen LogP contribution in [0.4, 0.5) is 5.69 Å². The molecule has 0 saturated carbocycles. The highest BCUT2D eigenvalue weighted by Crippen LogP contribution is 2.38. The van der Waals surface area contributed by atoms with E-state index in [9.17, 15) is 10.1 Å². The largest absolute Gasteiger partial charge is 0.493 e. The molecule has 0 aromatic heterocycles. The molecule has 42 heavy (non-hydrogen) atoms. The number of non-ortho nitro benzene ring substituents is 1. The summed E-state index contributed by atoms with van der Waals surface area (Å²) in [5, 5.41) is 11.3. The van der Waals surface area contributed by atoms with Crippen molar-refractivity contribution >= 4 is 23.0 Å². The number of methoxy groups -OCH3 is 4. The molecule has 4 aromatic rings. The van der Waals surface area contributed by atoms with Gasteiger partial charge in [0, 0.05) is 24.1 Å². The Labute approximate surface area is 245 Å². The summed E-state index contributed by atoms with van der Waals surface area (Å²) < 4.78 is 25.0. The topological polar surface area (TPSA) is 83.1 Å². The van der Waals surface area contributed by atoms with E-state index in [1.54, 1.807) is 40.6 Å². The summed E-state index contributed by atoms with van der Waals surface area (Å²) in [6.45, 7) is 1.46. The van der Waals surface area contributed by atoms with Crippen molar-refractivity contribution in [1.29, 1.82) is 0 Å². The maximum atomic E-state index is 11.3. The van der Waals surface area contributed by atoms with Crippen LogP contribution in [0.1, 0.15) is 27.8 Å². The van der Waals surface area contributed by atoms with Gasteiger partial charge in [0.15, 0.2) is 29.5 Å². The van der Waals surface area contributed by atoms with E-state index in [1.165, 1.54) is 17.7 Å². The Morgan fingerprint density at radius 1 is 0.810 bits per heavy atom. The third-order valence-corrected chi connectivity index (χ3v) is 7.41. The van der Waals surface area contributed by atoms with Crippen LogP contribution in [0, 0.1) is 10.1 Å². The summed E-state index contributed by atoms with van der Waals surface area (Å²) in [4.78, 5) is 10.9. The van der Waals surface area contributed by atoms with E-state index in [1.807, 2.05) is 48.5 Å². The molecule has 214 valence electrons. The Kier molecular flexibility index (Phi) is 8.52. The van der Waals surface area contributed by atoms with E-state index in [0.717, 1.165) is 46.5 Å². The first-order valence-electron chi connectivity index (χ1n) is 13.6. The zero-order chi connectivity index (χ0) is 29.6. The molecule has 1 aliphatic rings. The third-order valence-electron chi connectivity index (χ3n) is 7.41.